The molecule has 17 heavy (non-hydrogen) atoms. The first-order chi connectivity index (χ1) is 7.99. The maximum absolute atomic E-state index is 4.37. The standard InChI is InChI=1S/C13H26N4/c1-7-13(3,16(5)6)12(14-4)11-9-15-17(8-2)10-11/h9-10,12,14H,7-8H2,1-6H3. The number of rotatable bonds is 6. The fourth-order valence-corrected chi connectivity index (χ4v) is 2.32. The number of nitrogens with one attached hydrogen (secondary N) is 1. The summed E-state index contributed by atoms with van der Waals surface area (Å²) in [5, 5.41) is 7.80. The zero-order valence-electron chi connectivity index (χ0n) is 12.0. The molecule has 1 heterocycles. The largest absolute Gasteiger partial charge is 0.311 e. The van der Waals surface area contributed by atoms with Gasteiger partial charge in [0.05, 0.1) is 12.2 Å². The second kappa shape index (κ2) is 5.65. The number of likely N-dealkylation sites (N-methyl/N-ethyl adjacent to an activating group) is 2. The van der Waals surface area contributed by atoms with Gasteiger partial charge >= 0.3 is 0 Å². The highest BCUT2D eigenvalue weighted by molar-refractivity contribution is 5.17. The minimum atomic E-state index is 0.0936. The molecule has 0 saturated carbocycles. The van der Waals surface area contributed by atoms with Crippen LogP contribution in [0.1, 0.15) is 38.8 Å². The minimum absolute atomic E-state index is 0.0936. The summed E-state index contributed by atoms with van der Waals surface area (Å²) in [5.41, 5.74) is 1.35. The van der Waals surface area contributed by atoms with Crippen LogP contribution >= 0.6 is 0 Å². The second-order valence-electron chi connectivity index (χ2n) is 4.96. The van der Waals surface area contributed by atoms with Crippen molar-refractivity contribution in [3.8, 4) is 0 Å². The van der Waals surface area contributed by atoms with Crippen molar-refractivity contribution in [2.45, 2.75) is 45.3 Å². The topological polar surface area (TPSA) is 33.1 Å². The molecule has 0 amide bonds. The lowest BCUT2D eigenvalue weighted by Crippen LogP contribution is -2.50. The lowest BCUT2D eigenvalue weighted by atomic mass is 9.85. The van der Waals surface area contributed by atoms with E-state index in [9.17, 15) is 0 Å². The maximum Gasteiger partial charge on any atom is 0.0538 e. The van der Waals surface area contributed by atoms with Crippen molar-refractivity contribution in [3.05, 3.63) is 18.0 Å². The van der Waals surface area contributed by atoms with Gasteiger partial charge in [0.15, 0.2) is 0 Å². The van der Waals surface area contributed by atoms with Gasteiger partial charge in [0.2, 0.25) is 0 Å². The van der Waals surface area contributed by atoms with Crippen LogP contribution in [0.25, 0.3) is 0 Å². The molecular weight excluding hydrogens is 212 g/mol. The number of nitrogens with zero attached hydrogens (tertiary/aromatic N) is 3. The summed E-state index contributed by atoms with van der Waals surface area (Å²) in [5.74, 6) is 0. The van der Waals surface area contributed by atoms with Crippen LogP contribution in [0.3, 0.4) is 0 Å². The molecule has 2 atom stereocenters. The van der Waals surface area contributed by atoms with E-state index in [0.717, 1.165) is 13.0 Å². The van der Waals surface area contributed by atoms with E-state index in [1.54, 1.807) is 0 Å². The molecule has 0 aliphatic rings. The first kappa shape index (κ1) is 14.2. The monoisotopic (exact) mass is 238 g/mol. The molecule has 1 N–H and O–H groups in total. The van der Waals surface area contributed by atoms with Crippen LogP contribution < -0.4 is 5.32 Å². The number of aromatic nitrogens is 2. The van der Waals surface area contributed by atoms with Crippen molar-refractivity contribution in [1.82, 2.24) is 20.0 Å². The summed E-state index contributed by atoms with van der Waals surface area (Å²) in [6.07, 6.45) is 5.20. The van der Waals surface area contributed by atoms with Crippen LogP contribution in [-0.4, -0.2) is 41.4 Å². The van der Waals surface area contributed by atoms with Crippen molar-refractivity contribution in [1.29, 1.82) is 0 Å². The van der Waals surface area contributed by atoms with E-state index >= 15 is 0 Å². The molecule has 1 aromatic rings. The van der Waals surface area contributed by atoms with Crippen LogP contribution in [0.15, 0.2) is 12.4 Å². The van der Waals surface area contributed by atoms with E-state index in [1.165, 1.54) is 5.56 Å². The lowest BCUT2D eigenvalue weighted by molar-refractivity contribution is 0.117. The number of aryl methyl sites for hydroxylation is 1. The molecular formula is C13H26N4. The Labute approximate surface area is 105 Å². The Morgan fingerprint density at radius 3 is 2.47 bits per heavy atom. The van der Waals surface area contributed by atoms with Crippen LogP contribution in [0.2, 0.25) is 0 Å². The Bertz CT molecular complexity index is 345. The lowest BCUT2D eigenvalue weighted by Gasteiger charge is -2.42. The van der Waals surface area contributed by atoms with Gasteiger partial charge < -0.3 is 10.2 Å². The van der Waals surface area contributed by atoms with Crippen LogP contribution in [0.5, 0.6) is 0 Å². The molecule has 1 aromatic heterocycles. The highest BCUT2D eigenvalue weighted by Gasteiger charge is 2.35. The second-order valence-corrected chi connectivity index (χ2v) is 4.96. The summed E-state index contributed by atoms with van der Waals surface area (Å²) < 4.78 is 1.98. The Morgan fingerprint density at radius 2 is 2.12 bits per heavy atom. The van der Waals surface area contributed by atoms with Gasteiger partial charge in [0.25, 0.3) is 0 Å². The van der Waals surface area contributed by atoms with Gasteiger partial charge in [0, 0.05) is 23.8 Å². The van der Waals surface area contributed by atoms with Crippen molar-refractivity contribution in [3.63, 3.8) is 0 Å². The molecule has 0 fully saturated rings. The van der Waals surface area contributed by atoms with Gasteiger partial charge in [-0.2, -0.15) is 5.10 Å². The van der Waals surface area contributed by atoms with Gasteiger partial charge in [-0.1, -0.05) is 6.92 Å². The Hall–Kier alpha value is -0.870. The van der Waals surface area contributed by atoms with E-state index in [-0.39, 0.29) is 5.54 Å². The van der Waals surface area contributed by atoms with Gasteiger partial charge in [-0.25, -0.2) is 0 Å². The molecule has 0 saturated heterocycles. The highest BCUT2D eigenvalue weighted by atomic mass is 15.3. The third-order valence-corrected chi connectivity index (χ3v) is 3.96. The predicted molar refractivity (Wildman–Crippen MR) is 72.1 cm³/mol. The van der Waals surface area contributed by atoms with Gasteiger partial charge in [-0.05, 0) is 41.4 Å². The fourth-order valence-electron chi connectivity index (χ4n) is 2.32. The summed E-state index contributed by atoms with van der Waals surface area (Å²) >= 11 is 0. The Morgan fingerprint density at radius 1 is 1.47 bits per heavy atom. The van der Waals surface area contributed by atoms with E-state index in [4.69, 9.17) is 0 Å². The molecule has 0 radical (unpaired) electrons. The average molecular weight is 238 g/mol. The molecule has 0 aliphatic heterocycles. The smallest absolute Gasteiger partial charge is 0.0538 e. The molecule has 4 heteroatoms. The summed E-state index contributed by atoms with van der Waals surface area (Å²) in [6.45, 7) is 7.55. The first-order valence-corrected chi connectivity index (χ1v) is 6.36. The van der Waals surface area contributed by atoms with Crippen LogP contribution in [0, 0.1) is 0 Å². The van der Waals surface area contributed by atoms with Crippen LogP contribution in [0.4, 0.5) is 0 Å². The van der Waals surface area contributed by atoms with Crippen molar-refractivity contribution in [2.75, 3.05) is 21.1 Å². The van der Waals surface area contributed by atoms with Crippen molar-refractivity contribution in [2.24, 2.45) is 0 Å². The molecule has 1 rings (SSSR count). The molecule has 4 nitrogen and oxygen atoms in total. The molecule has 0 aromatic carbocycles. The summed E-state index contributed by atoms with van der Waals surface area (Å²) in [6, 6.07) is 0.294. The third kappa shape index (κ3) is 2.69. The summed E-state index contributed by atoms with van der Waals surface area (Å²) in [4.78, 5) is 2.29. The number of hydrogen-bond acceptors (Lipinski definition) is 3. The Balaban J connectivity index is 3.04. The summed E-state index contributed by atoms with van der Waals surface area (Å²) in [7, 11) is 6.29. The Kier molecular flexibility index (Phi) is 4.71. The zero-order valence-corrected chi connectivity index (χ0v) is 12.0. The van der Waals surface area contributed by atoms with Gasteiger partial charge in [0.1, 0.15) is 0 Å². The molecule has 2 unspecified atom stereocenters. The van der Waals surface area contributed by atoms with Crippen molar-refractivity contribution >= 4 is 0 Å². The molecule has 0 bridgehead atoms. The zero-order chi connectivity index (χ0) is 13.1. The predicted octanol–water partition coefficient (Wildman–Crippen LogP) is 1.89. The quantitative estimate of drug-likeness (QED) is 0.821. The molecule has 0 aliphatic carbocycles. The van der Waals surface area contributed by atoms with Crippen molar-refractivity contribution < 1.29 is 0 Å². The minimum Gasteiger partial charge on any atom is -0.311 e. The van der Waals surface area contributed by atoms with Gasteiger partial charge in [-0.15, -0.1) is 0 Å². The normalized spacial score (nSPS) is 17.1. The van der Waals surface area contributed by atoms with E-state index in [2.05, 4.69) is 56.4 Å². The average Bonchev–Trinajstić information content (AvgIpc) is 2.77. The number of hydrogen-bond donors (Lipinski definition) is 1. The maximum atomic E-state index is 4.37. The first-order valence-electron chi connectivity index (χ1n) is 6.36. The molecule has 98 valence electrons. The van der Waals surface area contributed by atoms with E-state index < -0.39 is 0 Å². The third-order valence-electron chi connectivity index (χ3n) is 3.96. The van der Waals surface area contributed by atoms with Gasteiger partial charge in [-0.3, -0.25) is 4.68 Å². The van der Waals surface area contributed by atoms with E-state index in [0.29, 0.717) is 6.04 Å². The van der Waals surface area contributed by atoms with E-state index in [1.807, 2.05) is 17.9 Å². The molecule has 0 spiro atoms. The SMILES string of the molecule is CCn1cc(C(NC)C(C)(CC)N(C)C)cn1. The van der Waals surface area contributed by atoms with Crippen LogP contribution in [-0.2, 0) is 6.54 Å². The fraction of sp³-hybridized carbons (Fsp3) is 0.769. The highest BCUT2D eigenvalue weighted by Crippen LogP contribution is 2.32.